The molecule has 1 fully saturated rings. The topological polar surface area (TPSA) is 58.5 Å². The van der Waals surface area contributed by atoms with E-state index in [0.29, 0.717) is 5.89 Å². The minimum Gasteiger partial charge on any atom is -0.444 e. The highest BCUT2D eigenvalue weighted by atomic mass is 16.4. The summed E-state index contributed by atoms with van der Waals surface area (Å²) >= 11 is 0. The van der Waals surface area contributed by atoms with E-state index in [-0.39, 0.29) is 6.04 Å². The molecule has 1 aliphatic rings. The van der Waals surface area contributed by atoms with Crippen molar-refractivity contribution < 1.29 is 4.42 Å². The number of aryl methyl sites for hydroxylation is 1. The first-order chi connectivity index (χ1) is 6.66. The summed E-state index contributed by atoms with van der Waals surface area (Å²) < 4.78 is 5.48. The van der Waals surface area contributed by atoms with Gasteiger partial charge in [0.25, 0.3) is 0 Å². The van der Waals surface area contributed by atoms with Gasteiger partial charge in [-0.2, -0.15) is 0 Å². The predicted molar refractivity (Wildman–Crippen MR) is 52.4 cm³/mol. The Kier molecular flexibility index (Phi) is 2.54. The smallest absolute Gasteiger partial charge is 0.191 e. The molecule has 1 atom stereocenters. The molecule has 1 aromatic rings. The van der Waals surface area contributed by atoms with Gasteiger partial charge in [0, 0.05) is 26.6 Å². The first-order valence-corrected chi connectivity index (χ1v) is 4.79. The minimum absolute atomic E-state index is 0.134. The lowest BCUT2D eigenvalue weighted by atomic mass is 10.2. The summed E-state index contributed by atoms with van der Waals surface area (Å²) in [6, 6.07) is 0.134. The number of hydrogen-bond acceptors (Lipinski definition) is 5. The van der Waals surface area contributed by atoms with E-state index in [1.165, 1.54) is 0 Å². The summed E-state index contributed by atoms with van der Waals surface area (Å²) in [5.41, 5.74) is 0. The van der Waals surface area contributed by atoms with Gasteiger partial charge in [0.2, 0.25) is 0 Å². The van der Waals surface area contributed by atoms with E-state index in [4.69, 9.17) is 10.3 Å². The summed E-state index contributed by atoms with van der Waals surface area (Å²) in [7, 11) is 2.09. The number of piperazine rings is 1. The lowest BCUT2D eigenvalue weighted by molar-refractivity contribution is 0.0766. The molecular weight excluding hydrogens is 180 g/mol. The minimum atomic E-state index is 0.134. The van der Waals surface area contributed by atoms with Crippen LogP contribution >= 0.6 is 0 Å². The molecule has 0 spiro atoms. The van der Waals surface area contributed by atoms with Gasteiger partial charge in [-0.1, -0.05) is 0 Å². The van der Waals surface area contributed by atoms with Crippen molar-refractivity contribution in [3.05, 3.63) is 17.8 Å². The molecule has 5 nitrogen and oxygen atoms in total. The van der Waals surface area contributed by atoms with Gasteiger partial charge in [0.05, 0.1) is 12.2 Å². The number of nitrogens with zero attached hydrogens (tertiary/aromatic N) is 3. The number of rotatable bonds is 1. The van der Waals surface area contributed by atoms with E-state index in [1.807, 2.05) is 11.9 Å². The molecule has 2 heterocycles. The fourth-order valence-electron chi connectivity index (χ4n) is 1.72. The lowest BCUT2D eigenvalue weighted by Gasteiger charge is -2.35. The third-order valence-corrected chi connectivity index (χ3v) is 2.59. The highest BCUT2D eigenvalue weighted by Gasteiger charge is 2.26. The molecule has 14 heavy (non-hydrogen) atoms. The van der Waals surface area contributed by atoms with Crippen molar-refractivity contribution in [2.24, 2.45) is 5.84 Å². The van der Waals surface area contributed by atoms with Crippen molar-refractivity contribution in [3.8, 4) is 0 Å². The van der Waals surface area contributed by atoms with Crippen molar-refractivity contribution >= 4 is 0 Å². The Bertz CT molecular complexity index is 312. The summed E-state index contributed by atoms with van der Waals surface area (Å²) in [5, 5.41) is 1.82. The van der Waals surface area contributed by atoms with Crippen molar-refractivity contribution in [1.29, 1.82) is 0 Å². The van der Waals surface area contributed by atoms with Crippen molar-refractivity contribution in [2.45, 2.75) is 13.0 Å². The van der Waals surface area contributed by atoms with Crippen LogP contribution in [0.5, 0.6) is 0 Å². The second kappa shape index (κ2) is 3.68. The fourth-order valence-corrected chi connectivity index (χ4v) is 1.72. The molecule has 0 aromatic carbocycles. The maximum Gasteiger partial charge on any atom is 0.191 e. The van der Waals surface area contributed by atoms with Crippen molar-refractivity contribution in [3.63, 3.8) is 0 Å². The molecule has 1 saturated heterocycles. The number of hydrazine groups is 1. The molecule has 0 saturated carbocycles. The number of likely N-dealkylation sites (N-methyl/N-ethyl adjacent to an activating group) is 1. The number of aromatic nitrogens is 1. The Morgan fingerprint density at radius 2 is 2.36 bits per heavy atom. The van der Waals surface area contributed by atoms with Gasteiger partial charge in [-0.05, 0) is 7.05 Å². The monoisotopic (exact) mass is 196 g/mol. The fraction of sp³-hybridized carbons (Fsp3) is 0.667. The van der Waals surface area contributed by atoms with E-state index in [0.717, 1.165) is 25.4 Å². The van der Waals surface area contributed by atoms with Crippen LogP contribution in [0.25, 0.3) is 0 Å². The molecule has 5 heteroatoms. The summed E-state index contributed by atoms with van der Waals surface area (Å²) in [6.45, 7) is 4.60. The standard InChI is InChI=1S/C9H16N4O/c1-7-11-5-9(14-7)8-6-12(2)3-4-13(8)10/h5,8H,3-4,6,10H2,1-2H3. The average molecular weight is 196 g/mol. The van der Waals surface area contributed by atoms with Crippen LogP contribution in [0.1, 0.15) is 17.7 Å². The molecule has 78 valence electrons. The van der Waals surface area contributed by atoms with Crippen LogP contribution in [-0.2, 0) is 0 Å². The zero-order chi connectivity index (χ0) is 10.1. The molecular formula is C9H16N4O. The highest BCUT2D eigenvalue weighted by Crippen LogP contribution is 2.22. The Labute approximate surface area is 83.5 Å². The van der Waals surface area contributed by atoms with Crippen LogP contribution in [0.2, 0.25) is 0 Å². The van der Waals surface area contributed by atoms with E-state index in [2.05, 4.69) is 16.9 Å². The van der Waals surface area contributed by atoms with E-state index in [1.54, 1.807) is 6.20 Å². The second-order valence-electron chi connectivity index (χ2n) is 3.80. The first-order valence-electron chi connectivity index (χ1n) is 4.79. The zero-order valence-corrected chi connectivity index (χ0v) is 8.60. The Balaban J connectivity index is 2.15. The van der Waals surface area contributed by atoms with Gasteiger partial charge in [0.1, 0.15) is 5.76 Å². The third kappa shape index (κ3) is 1.79. The molecule has 1 unspecified atom stereocenters. The van der Waals surface area contributed by atoms with Crippen molar-refractivity contribution in [2.75, 3.05) is 26.7 Å². The van der Waals surface area contributed by atoms with E-state index < -0.39 is 0 Å². The third-order valence-electron chi connectivity index (χ3n) is 2.59. The van der Waals surface area contributed by atoms with Gasteiger partial charge in [-0.25, -0.2) is 9.99 Å². The molecule has 0 amide bonds. The summed E-state index contributed by atoms with van der Waals surface area (Å²) in [6.07, 6.45) is 1.76. The van der Waals surface area contributed by atoms with Crippen LogP contribution in [-0.4, -0.2) is 41.6 Å². The van der Waals surface area contributed by atoms with Crippen molar-refractivity contribution in [1.82, 2.24) is 14.9 Å². The van der Waals surface area contributed by atoms with E-state index >= 15 is 0 Å². The lowest BCUT2D eigenvalue weighted by Crippen LogP contribution is -2.49. The van der Waals surface area contributed by atoms with Crippen LogP contribution in [0, 0.1) is 6.92 Å². The largest absolute Gasteiger partial charge is 0.444 e. The SMILES string of the molecule is Cc1ncc(C2CN(C)CCN2N)o1. The van der Waals surface area contributed by atoms with Crippen LogP contribution in [0.4, 0.5) is 0 Å². The van der Waals surface area contributed by atoms with Gasteiger partial charge >= 0.3 is 0 Å². The van der Waals surface area contributed by atoms with Crippen LogP contribution in [0.3, 0.4) is 0 Å². The molecule has 0 aliphatic carbocycles. The average Bonchev–Trinajstić information content (AvgIpc) is 2.56. The predicted octanol–water partition coefficient (Wildman–Crippen LogP) is 0.145. The quantitative estimate of drug-likeness (QED) is 0.648. The maximum atomic E-state index is 5.90. The number of hydrogen-bond donors (Lipinski definition) is 1. The Morgan fingerprint density at radius 1 is 1.57 bits per heavy atom. The van der Waals surface area contributed by atoms with Crippen LogP contribution < -0.4 is 5.84 Å². The first kappa shape index (κ1) is 9.64. The molecule has 1 aliphatic heterocycles. The molecule has 2 N–H and O–H groups in total. The highest BCUT2D eigenvalue weighted by molar-refractivity contribution is 5.02. The van der Waals surface area contributed by atoms with Gasteiger partial charge in [-0.3, -0.25) is 5.84 Å². The summed E-state index contributed by atoms with van der Waals surface area (Å²) in [5.74, 6) is 7.46. The Morgan fingerprint density at radius 3 is 3.00 bits per heavy atom. The maximum absolute atomic E-state index is 5.90. The van der Waals surface area contributed by atoms with E-state index in [9.17, 15) is 0 Å². The zero-order valence-electron chi connectivity index (χ0n) is 8.60. The molecule has 0 bridgehead atoms. The molecule has 2 rings (SSSR count). The van der Waals surface area contributed by atoms with Gasteiger partial charge < -0.3 is 9.32 Å². The Hall–Kier alpha value is -0.910. The normalized spacial score (nSPS) is 25.5. The van der Waals surface area contributed by atoms with Crippen LogP contribution in [0.15, 0.2) is 10.6 Å². The van der Waals surface area contributed by atoms with Gasteiger partial charge in [0.15, 0.2) is 5.89 Å². The number of nitrogens with two attached hydrogens (primary N) is 1. The molecule has 0 radical (unpaired) electrons. The van der Waals surface area contributed by atoms with Gasteiger partial charge in [-0.15, -0.1) is 0 Å². The number of oxazole rings is 1. The molecule has 1 aromatic heterocycles. The second-order valence-corrected chi connectivity index (χ2v) is 3.80. The summed E-state index contributed by atoms with van der Waals surface area (Å²) in [4.78, 5) is 6.33.